The SMILES string of the molecule is CN(CCOc1ccc(N2C(=O)c3ccccc3C2=O)cc1)C1CCCCC1.Cl. The molecule has 2 aromatic rings. The maximum atomic E-state index is 12.6. The molecular formula is C23H27ClN2O3. The summed E-state index contributed by atoms with van der Waals surface area (Å²) in [6.07, 6.45) is 6.58. The van der Waals surface area contributed by atoms with Crippen molar-refractivity contribution < 1.29 is 14.3 Å². The van der Waals surface area contributed by atoms with E-state index >= 15 is 0 Å². The zero-order valence-corrected chi connectivity index (χ0v) is 17.5. The fraction of sp³-hybridized carbons (Fsp3) is 0.391. The molecule has 154 valence electrons. The third kappa shape index (κ3) is 4.46. The number of amides is 2. The molecule has 2 aliphatic rings. The van der Waals surface area contributed by atoms with E-state index < -0.39 is 0 Å². The maximum absolute atomic E-state index is 12.6. The normalized spacial score (nSPS) is 16.7. The van der Waals surface area contributed by atoms with Gasteiger partial charge in [-0.05, 0) is 56.3 Å². The number of rotatable bonds is 6. The molecule has 0 radical (unpaired) electrons. The predicted octanol–water partition coefficient (Wildman–Crippen LogP) is 4.55. The van der Waals surface area contributed by atoms with Gasteiger partial charge in [0, 0.05) is 12.6 Å². The van der Waals surface area contributed by atoms with Crippen LogP contribution in [0.25, 0.3) is 0 Å². The van der Waals surface area contributed by atoms with Crippen LogP contribution in [0, 0.1) is 0 Å². The van der Waals surface area contributed by atoms with Crippen molar-refractivity contribution in [1.82, 2.24) is 4.90 Å². The van der Waals surface area contributed by atoms with Gasteiger partial charge in [0.1, 0.15) is 12.4 Å². The van der Waals surface area contributed by atoms with Crippen molar-refractivity contribution in [2.24, 2.45) is 0 Å². The van der Waals surface area contributed by atoms with Gasteiger partial charge in [0.05, 0.1) is 16.8 Å². The van der Waals surface area contributed by atoms with Crippen molar-refractivity contribution in [3.05, 3.63) is 59.7 Å². The molecule has 0 atom stereocenters. The van der Waals surface area contributed by atoms with Gasteiger partial charge in [-0.25, -0.2) is 4.90 Å². The van der Waals surface area contributed by atoms with E-state index in [0.29, 0.717) is 29.5 Å². The summed E-state index contributed by atoms with van der Waals surface area (Å²) in [5.74, 6) is 0.198. The lowest BCUT2D eigenvalue weighted by Crippen LogP contribution is -2.36. The summed E-state index contributed by atoms with van der Waals surface area (Å²) >= 11 is 0. The number of hydrogen-bond donors (Lipinski definition) is 0. The number of likely N-dealkylation sites (N-methyl/N-ethyl adjacent to an activating group) is 1. The molecule has 0 saturated heterocycles. The summed E-state index contributed by atoms with van der Waals surface area (Å²) in [5, 5.41) is 0. The number of halogens is 1. The highest BCUT2D eigenvalue weighted by molar-refractivity contribution is 6.34. The summed E-state index contributed by atoms with van der Waals surface area (Å²) in [6.45, 7) is 1.52. The summed E-state index contributed by atoms with van der Waals surface area (Å²) < 4.78 is 5.87. The second-order valence-electron chi connectivity index (χ2n) is 7.61. The Kier molecular flexibility index (Phi) is 6.93. The summed E-state index contributed by atoms with van der Waals surface area (Å²) in [7, 11) is 2.17. The molecule has 1 aliphatic carbocycles. The van der Waals surface area contributed by atoms with Gasteiger partial charge in [-0.2, -0.15) is 0 Å². The fourth-order valence-electron chi connectivity index (χ4n) is 4.13. The van der Waals surface area contributed by atoms with E-state index in [1.165, 1.54) is 37.0 Å². The van der Waals surface area contributed by atoms with Crippen LogP contribution in [0.5, 0.6) is 5.75 Å². The number of benzene rings is 2. The van der Waals surface area contributed by atoms with E-state index in [0.717, 1.165) is 12.3 Å². The third-order valence-electron chi connectivity index (χ3n) is 5.80. The van der Waals surface area contributed by atoms with Crippen molar-refractivity contribution in [3.63, 3.8) is 0 Å². The van der Waals surface area contributed by atoms with Gasteiger partial charge in [-0.3, -0.25) is 9.59 Å². The highest BCUT2D eigenvalue weighted by Gasteiger charge is 2.36. The van der Waals surface area contributed by atoms with Crippen LogP contribution in [0.3, 0.4) is 0 Å². The number of imide groups is 1. The number of carbonyl (C=O) groups excluding carboxylic acids is 2. The van der Waals surface area contributed by atoms with Crippen LogP contribution in [0.1, 0.15) is 52.8 Å². The standard InChI is InChI=1S/C23H26N2O3.ClH/c1-24(17-7-3-2-4-8-17)15-16-28-19-13-11-18(12-14-19)25-22(26)20-9-5-6-10-21(20)23(25)27;/h5-6,9-14,17H,2-4,7-8,15-16H2,1H3;1H. The molecule has 1 fully saturated rings. The van der Waals surface area contributed by atoms with Gasteiger partial charge >= 0.3 is 0 Å². The van der Waals surface area contributed by atoms with E-state index in [4.69, 9.17) is 4.74 Å². The monoisotopic (exact) mass is 414 g/mol. The Labute approximate surface area is 178 Å². The van der Waals surface area contributed by atoms with Crippen LogP contribution < -0.4 is 9.64 Å². The molecule has 29 heavy (non-hydrogen) atoms. The molecular weight excluding hydrogens is 388 g/mol. The van der Waals surface area contributed by atoms with Gasteiger partial charge in [0.25, 0.3) is 11.8 Å². The zero-order valence-electron chi connectivity index (χ0n) is 16.7. The van der Waals surface area contributed by atoms with Crippen LogP contribution in [0.4, 0.5) is 5.69 Å². The molecule has 2 amide bonds. The Morgan fingerprint density at radius 3 is 2.10 bits per heavy atom. The van der Waals surface area contributed by atoms with E-state index in [9.17, 15) is 9.59 Å². The molecule has 1 aliphatic heterocycles. The molecule has 0 spiro atoms. The Hall–Kier alpha value is -2.37. The minimum Gasteiger partial charge on any atom is -0.492 e. The molecule has 0 bridgehead atoms. The van der Waals surface area contributed by atoms with Gasteiger partial charge in [-0.1, -0.05) is 31.4 Å². The number of anilines is 1. The number of fused-ring (bicyclic) bond motifs is 1. The Morgan fingerprint density at radius 2 is 1.52 bits per heavy atom. The van der Waals surface area contributed by atoms with Gasteiger partial charge in [0.2, 0.25) is 0 Å². The number of ether oxygens (including phenoxy) is 1. The van der Waals surface area contributed by atoms with Crippen LogP contribution in [0.15, 0.2) is 48.5 Å². The highest BCUT2D eigenvalue weighted by atomic mass is 35.5. The Morgan fingerprint density at radius 1 is 0.931 bits per heavy atom. The number of nitrogens with zero attached hydrogens (tertiary/aromatic N) is 2. The Bertz CT molecular complexity index is 828. The van der Waals surface area contributed by atoms with Gasteiger partial charge < -0.3 is 9.64 Å². The molecule has 0 aromatic heterocycles. The average molecular weight is 415 g/mol. The van der Waals surface area contributed by atoms with E-state index in [1.54, 1.807) is 36.4 Å². The van der Waals surface area contributed by atoms with Crippen molar-refractivity contribution in [1.29, 1.82) is 0 Å². The van der Waals surface area contributed by atoms with Crippen LogP contribution in [-0.4, -0.2) is 43.0 Å². The van der Waals surface area contributed by atoms with Crippen molar-refractivity contribution >= 4 is 29.9 Å². The van der Waals surface area contributed by atoms with Crippen molar-refractivity contribution in [2.75, 3.05) is 25.1 Å². The second-order valence-corrected chi connectivity index (χ2v) is 7.61. The maximum Gasteiger partial charge on any atom is 0.266 e. The quantitative estimate of drug-likeness (QED) is 0.650. The third-order valence-corrected chi connectivity index (χ3v) is 5.80. The lowest BCUT2D eigenvalue weighted by Gasteiger charge is -2.31. The van der Waals surface area contributed by atoms with Crippen molar-refractivity contribution in [2.45, 2.75) is 38.1 Å². The van der Waals surface area contributed by atoms with E-state index in [1.807, 2.05) is 12.1 Å². The molecule has 1 saturated carbocycles. The molecule has 4 rings (SSSR count). The molecule has 1 heterocycles. The predicted molar refractivity (Wildman–Crippen MR) is 116 cm³/mol. The zero-order chi connectivity index (χ0) is 19.5. The van der Waals surface area contributed by atoms with Gasteiger partial charge in [0.15, 0.2) is 0 Å². The first kappa shape index (κ1) is 21.3. The first-order chi connectivity index (χ1) is 13.6. The second kappa shape index (κ2) is 9.42. The fourth-order valence-corrected chi connectivity index (χ4v) is 4.13. The molecule has 0 N–H and O–H groups in total. The van der Waals surface area contributed by atoms with E-state index in [-0.39, 0.29) is 24.2 Å². The molecule has 6 heteroatoms. The minimum atomic E-state index is -0.275. The van der Waals surface area contributed by atoms with Crippen LogP contribution >= 0.6 is 12.4 Å². The summed E-state index contributed by atoms with van der Waals surface area (Å²) in [4.78, 5) is 28.7. The lowest BCUT2D eigenvalue weighted by atomic mass is 9.94. The smallest absolute Gasteiger partial charge is 0.266 e. The van der Waals surface area contributed by atoms with Crippen LogP contribution in [-0.2, 0) is 0 Å². The summed E-state index contributed by atoms with van der Waals surface area (Å²) in [6, 6.07) is 14.8. The number of hydrogen-bond acceptors (Lipinski definition) is 4. The number of carbonyl (C=O) groups is 2. The van der Waals surface area contributed by atoms with Crippen molar-refractivity contribution in [3.8, 4) is 5.75 Å². The minimum absolute atomic E-state index is 0. The Balaban J connectivity index is 0.00000240. The van der Waals surface area contributed by atoms with Gasteiger partial charge in [-0.15, -0.1) is 12.4 Å². The average Bonchev–Trinajstić information content (AvgIpc) is 3.00. The molecule has 2 aromatic carbocycles. The lowest BCUT2D eigenvalue weighted by molar-refractivity contribution is 0.0926. The largest absolute Gasteiger partial charge is 0.492 e. The molecule has 5 nitrogen and oxygen atoms in total. The first-order valence-corrected chi connectivity index (χ1v) is 10.1. The van der Waals surface area contributed by atoms with E-state index in [2.05, 4.69) is 11.9 Å². The topological polar surface area (TPSA) is 49.9 Å². The highest BCUT2D eigenvalue weighted by Crippen LogP contribution is 2.29. The van der Waals surface area contributed by atoms with Crippen LogP contribution in [0.2, 0.25) is 0 Å². The first-order valence-electron chi connectivity index (χ1n) is 10.1. The summed E-state index contributed by atoms with van der Waals surface area (Å²) in [5.41, 5.74) is 1.48. The molecule has 0 unspecified atom stereocenters.